The largest absolute Gasteiger partial charge is 0.456 e. The fraction of sp³-hybridized carbons (Fsp3) is 0.375. The number of aromatic amines is 1. The van der Waals surface area contributed by atoms with Gasteiger partial charge in [-0.15, -0.1) is 0 Å². The second kappa shape index (κ2) is 9.39. The zero-order valence-corrected chi connectivity index (χ0v) is 18.9. The summed E-state index contributed by atoms with van der Waals surface area (Å²) in [4.78, 5) is 12.6. The third-order valence-electron chi connectivity index (χ3n) is 4.74. The van der Waals surface area contributed by atoms with Crippen molar-refractivity contribution in [3.63, 3.8) is 0 Å². The van der Waals surface area contributed by atoms with Crippen LogP contribution in [0.4, 0.5) is 0 Å². The lowest BCUT2D eigenvalue weighted by molar-refractivity contribution is 0.00704. The number of ether oxygens (including phenoxy) is 1. The minimum absolute atomic E-state index is 0.313. The van der Waals surface area contributed by atoms with Gasteiger partial charge in [0.1, 0.15) is 11.4 Å². The topological polar surface area (TPSA) is 59.9 Å². The highest BCUT2D eigenvalue weighted by Gasteiger charge is 2.20. The first-order chi connectivity index (χ1) is 14.3. The predicted octanol–water partition coefficient (Wildman–Crippen LogP) is 5.95. The molecule has 0 aliphatic rings. The third-order valence-corrected chi connectivity index (χ3v) is 5.05. The number of benzene rings is 2. The SMILES string of the molecule is CCCCc1n[nH]c(=S)n1Cc1ccc(-c2ccccc2C(=O)OC(C)(C)C)cc1. The summed E-state index contributed by atoms with van der Waals surface area (Å²) in [6.07, 6.45) is 3.11. The van der Waals surface area contributed by atoms with Gasteiger partial charge in [0.05, 0.1) is 12.1 Å². The van der Waals surface area contributed by atoms with E-state index in [1.54, 1.807) is 0 Å². The number of hydrogen-bond donors (Lipinski definition) is 1. The molecule has 30 heavy (non-hydrogen) atoms. The van der Waals surface area contributed by atoms with Crippen LogP contribution in [0.25, 0.3) is 11.1 Å². The summed E-state index contributed by atoms with van der Waals surface area (Å²) in [5, 5.41) is 7.28. The van der Waals surface area contributed by atoms with Gasteiger partial charge in [-0.1, -0.05) is 55.8 Å². The number of nitrogens with one attached hydrogen (secondary N) is 1. The molecular weight excluding hydrogens is 394 g/mol. The van der Waals surface area contributed by atoms with E-state index in [9.17, 15) is 4.79 Å². The van der Waals surface area contributed by atoms with Crippen LogP contribution in [0.2, 0.25) is 0 Å². The highest BCUT2D eigenvalue weighted by atomic mass is 32.1. The highest BCUT2D eigenvalue weighted by Crippen LogP contribution is 2.26. The van der Waals surface area contributed by atoms with Crippen LogP contribution in [0.3, 0.4) is 0 Å². The van der Waals surface area contributed by atoms with Crippen LogP contribution in [0.5, 0.6) is 0 Å². The van der Waals surface area contributed by atoms with Crippen LogP contribution in [-0.4, -0.2) is 26.3 Å². The number of rotatable bonds is 7. The molecule has 0 amide bonds. The molecule has 1 heterocycles. The van der Waals surface area contributed by atoms with Gasteiger partial charge in [-0.2, -0.15) is 5.10 Å². The summed E-state index contributed by atoms with van der Waals surface area (Å²) in [7, 11) is 0. The van der Waals surface area contributed by atoms with Gasteiger partial charge in [-0.25, -0.2) is 4.79 Å². The van der Waals surface area contributed by atoms with Gasteiger partial charge in [-0.3, -0.25) is 9.67 Å². The normalized spacial score (nSPS) is 11.5. The zero-order valence-electron chi connectivity index (χ0n) is 18.1. The maximum Gasteiger partial charge on any atom is 0.339 e. The van der Waals surface area contributed by atoms with E-state index in [0.29, 0.717) is 16.9 Å². The van der Waals surface area contributed by atoms with E-state index >= 15 is 0 Å². The minimum Gasteiger partial charge on any atom is -0.456 e. The Morgan fingerprint density at radius 2 is 1.83 bits per heavy atom. The number of hydrogen-bond acceptors (Lipinski definition) is 4. The molecule has 1 aromatic heterocycles. The van der Waals surface area contributed by atoms with E-state index in [0.717, 1.165) is 41.8 Å². The zero-order chi connectivity index (χ0) is 21.7. The summed E-state index contributed by atoms with van der Waals surface area (Å²) in [6.45, 7) is 8.45. The Bertz CT molecular complexity index is 1060. The molecule has 0 atom stereocenters. The van der Waals surface area contributed by atoms with Crippen LogP contribution >= 0.6 is 12.2 Å². The minimum atomic E-state index is -0.534. The standard InChI is InChI=1S/C24H29N3O2S/c1-5-6-11-21-25-26-23(30)27(21)16-17-12-14-18(15-13-17)19-9-7-8-10-20(19)22(28)29-24(2,3)4/h7-10,12-15H,5-6,11,16H2,1-4H3,(H,26,30). The molecule has 2 aromatic carbocycles. The Kier molecular flexibility index (Phi) is 6.87. The van der Waals surface area contributed by atoms with Crippen molar-refractivity contribution in [2.75, 3.05) is 0 Å². The molecule has 0 aliphatic carbocycles. The quantitative estimate of drug-likeness (QED) is 0.377. The van der Waals surface area contributed by atoms with Crippen molar-refractivity contribution in [3.8, 4) is 11.1 Å². The van der Waals surface area contributed by atoms with Crippen molar-refractivity contribution in [2.45, 2.75) is 59.1 Å². The van der Waals surface area contributed by atoms with Crippen LogP contribution in [0.15, 0.2) is 48.5 Å². The Balaban J connectivity index is 1.83. The van der Waals surface area contributed by atoms with Crippen LogP contribution in [0.1, 0.15) is 62.3 Å². The molecule has 5 nitrogen and oxygen atoms in total. The van der Waals surface area contributed by atoms with Crippen LogP contribution in [-0.2, 0) is 17.7 Å². The molecule has 3 rings (SSSR count). The molecule has 0 spiro atoms. The van der Waals surface area contributed by atoms with E-state index in [-0.39, 0.29) is 5.97 Å². The number of esters is 1. The number of carbonyl (C=O) groups excluding carboxylic acids is 1. The van der Waals surface area contributed by atoms with Crippen molar-refractivity contribution in [2.24, 2.45) is 0 Å². The summed E-state index contributed by atoms with van der Waals surface area (Å²) < 4.78 is 8.26. The number of H-pyrrole nitrogens is 1. The van der Waals surface area contributed by atoms with Gasteiger partial charge in [0.2, 0.25) is 0 Å². The van der Waals surface area contributed by atoms with Gasteiger partial charge in [0.15, 0.2) is 4.77 Å². The lowest BCUT2D eigenvalue weighted by Gasteiger charge is -2.20. The lowest BCUT2D eigenvalue weighted by Crippen LogP contribution is -2.24. The number of carbonyl (C=O) groups is 1. The summed E-state index contributed by atoms with van der Waals surface area (Å²) >= 11 is 5.41. The number of aromatic nitrogens is 3. The third kappa shape index (κ3) is 5.45. The first kappa shape index (κ1) is 22.0. The molecule has 0 bridgehead atoms. The molecule has 0 aliphatic heterocycles. The summed E-state index contributed by atoms with van der Waals surface area (Å²) in [6, 6.07) is 15.8. The van der Waals surface area contributed by atoms with Gasteiger partial charge in [-0.05, 0) is 62.2 Å². The van der Waals surface area contributed by atoms with Crippen molar-refractivity contribution >= 4 is 18.2 Å². The van der Waals surface area contributed by atoms with E-state index < -0.39 is 5.60 Å². The van der Waals surface area contributed by atoms with Gasteiger partial charge < -0.3 is 4.74 Å². The smallest absolute Gasteiger partial charge is 0.339 e. The van der Waals surface area contributed by atoms with Gasteiger partial charge in [0, 0.05) is 6.42 Å². The van der Waals surface area contributed by atoms with E-state index in [1.165, 1.54) is 0 Å². The number of aryl methyl sites for hydroxylation is 1. The van der Waals surface area contributed by atoms with Crippen molar-refractivity contribution in [1.82, 2.24) is 14.8 Å². The van der Waals surface area contributed by atoms with Crippen LogP contribution < -0.4 is 0 Å². The Hall–Kier alpha value is -2.73. The average molecular weight is 424 g/mol. The van der Waals surface area contributed by atoms with Gasteiger partial charge in [0.25, 0.3) is 0 Å². The van der Waals surface area contributed by atoms with Crippen LogP contribution in [0, 0.1) is 4.77 Å². The molecule has 0 fully saturated rings. The fourth-order valence-electron chi connectivity index (χ4n) is 3.26. The molecule has 158 valence electrons. The summed E-state index contributed by atoms with van der Waals surface area (Å²) in [5.41, 5.74) is 3.00. The first-order valence-corrected chi connectivity index (χ1v) is 10.7. The Morgan fingerprint density at radius 3 is 2.50 bits per heavy atom. The maximum atomic E-state index is 12.6. The molecule has 3 aromatic rings. The van der Waals surface area contributed by atoms with Crippen molar-refractivity contribution in [1.29, 1.82) is 0 Å². The average Bonchev–Trinajstić information content (AvgIpc) is 3.05. The second-order valence-corrected chi connectivity index (χ2v) is 8.77. The number of nitrogens with zero attached hydrogens (tertiary/aromatic N) is 2. The molecule has 0 radical (unpaired) electrons. The first-order valence-electron chi connectivity index (χ1n) is 10.3. The fourth-order valence-corrected chi connectivity index (χ4v) is 3.47. The Morgan fingerprint density at radius 1 is 1.13 bits per heavy atom. The molecule has 0 unspecified atom stereocenters. The van der Waals surface area contributed by atoms with E-state index in [2.05, 4.69) is 33.8 Å². The van der Waals surface area contributed by atoms with Gasteiger partial charge >= 0.3 is 5.97 Å². The van der Waals surface area contributed by atoms with E-state index in [4.69, 9.17) is 17.0 Å². The maximum absolute atomic E-state index is 12.6. The molecule has 0 saturated heterocycles. The monoisotopic (exact) mass is 423 g/mol. The van der Waals surface area contributed by atoms with Crippen molar-refractivity contribution < 1.29 is 9.53 Å². The molecular formula is C24H29N3O2S. The Labute approximate surface area is 183 Å². The molecule has 0 saturated carbocycles. The van der Waals surface area contributed by atoms with Crippen molar-refractivity contribution in [3.05, 3.63) is 70.3 Å². The lowest BCUT2D eigenvalue weighted by atomic mass is 9.98. The molecule has 1 N–H and O–H groups in total. The van der Waals surface area contributed by atoms with E-state index in [1.807, 2.05) is 57.2 Å². The molecule has 6 heteroatoms. The highest BCUT2D eigenvalue weighted by molar-refractivity contribution is 7.71. The predicted molar refractivity (Wildman–Crippen MR) is 122 cm³/mol. The summed E-state index contributed by atoms with van der Waals surface area (Å²) in [5.74, 6) is 0.675. The second-order valence-electron chi connectivity index (χ2n) is 8.38. The number of unbranched alkanes of at least 4 members (excludes halogenated alkanes) is 1.